The predicted molar refractivity (Wildman–Crippen MR) is 339 cm³/mol. The van der Waals surface area contributed by atoms with Crippen LogP contribution in [0.25, 0.3) is 0 Å². The Morgan fingerprint density at radius 3 is 0.844 bits per heavy atom. The molecule has 0 aromatic carbocycles. The van der Waals surface area contributed by atoms with Gasteiger partial charge in [-0.25, -0.2) is 0 Å². The van der Waals surface area contributed by atoms with Crippen LogP contribution in [-0.2, 0) is 19.1 Å². The fraction of sp³-hybridized carbons (Fsp3) is 0.750. The number of hydrogen-bond acceptors (Lipinski definition) is 5. The van der Waals surface area contributed by atoms with Crippen LogP contribution in [0, 0.1) is 0 Å². The smallest absolute Gasteiger partial charge is 0.306 e. The first kappa shape index (κ1) is 73.8. The van der Waals surface area contributed by atoms with E-state index in [0.717, 1.165) is 89.9 Å². The van der Waals surface area contributed by atoms with Crippen LogP contribution in [0.15, 0.2) is 97.2 Å². The topological polar surface area (TPSA) is 72.8 Å². The van der Waals surface area contributed by atoms with E-state index in [4.69, 9.17) is 9.47 Å². The molecule has 1 atom stereocenters. The van der Waals surface area contributed by atoms with Crippen LogP contribution in [-0.4, -0.2) is 36.4 Å². The third-order valence-electron chi connectivity index (χ3n) is 14.6. The summed E-state index contributed by atoms with van der Waals surface area (Å²) in [7, 11) is 0. The maximum atomic E-state index is 12.4. The van der Waals surface area contributed by atoms with E-state index in [9.17, 15) is 14.7 Å². The number of aliphatic hydroxyl groups is 1. The Labute approximate surface area is 478 Å². The summed E-state index contributed by atoms with van der Waals surface area (Å²) in [5.41, 5.74) is 0. The molecule has 77 heavy (non-hydrogen) atoms. The first-order valence-electron chi connectivity index (χ1n) is 33.3. The van der Waals surface area contributed by atoms with Gasteiger partial charge in [-0.15, -0.1) is 0 Å². The Hall–Kier alpha value is -3.18. The SMILES string of the molecule is CC/C=C\C/C=C\C/C=C\C/C=C\C/C=C\C/C=C\C/C=C\C/C=C\CCCCCCCCCCCCC(=O)OC(CO)COC(=O)CCCCCCCCCCCCCCCCCCCCCCCCCCCCCC. The summed E-state index contributed by atoms with van der Waals surface area (Å²) in [5, 5.41) is 9.69. The number of allylic oxidation sites excluding steroid dienone is 16. The zero-order chi connectivity index (χ0) is 55.5. The number of rotatable bonds is 61. The molecule has 0 bridgehead atoms. The number of hydrogen-bond donors (Lipinski definition) is 1. The number of carbonyl (C=O) groups is 2. The van der Waals surface area contributed by atoms with Gasteiger partial charge in [0, 0.05) is 12.8 Å². The van der Waals surface area contributed by atoms with Gasteiger partial charge in [0.2, 0.25) is 0 Å². The van der Waals surface area contributed by atoms with E-state index in [1.807, 2.05) is 0 Å². The third-order valence-corrected chi connectivity index (χ3v) is 14.6. The zero-order valence-corrected chi connectivity index (χ0v) is 51.0. The van der Waals surface area contributed by atoms with Crippen molar-refractivity contribution >= 4 is 11.9 Å². The van der Waals surface area contributed by atoms with Gasteiger partial charge in [-0.2, -0.15) is 0 Å². The minimum Gasteiger partial charge on any atom is -0.462 e. The Balaban J connectivity index is 3.49. The average Bonchev–Trinajstić information content (AvgIpc) is 3.43. The minimum atomic E-state index is -0.779. The van der Waals surface area contributed by atoms with Crippen molar-refractivity contribution in [2.75, 3.05) is 13.2 Å². The molecule has 5 nitrogen and oxygen atoms in total. The van der Waals surface area contributed by atoms with Crippen molar-refractivity contribution in [3.63, 3.8) is 0 Å². The van der Waals surface area contributed by atoms with Crippen molar-refractivity contribution in [3.8, 4) is 0 Å². The molecule has 5 heteroatoms. The minimum absolute atomic E-state index is 0.0677. The molecule has 1 N–H and O–H groups in total. The molecule has 0 aliphatic heterocycles. The molecule has 0 radical (unpaired) electrons. The van der Waals surface area contributed by atoms with E-state index in [-0.39, 0.29) is 25.2 Å². The van der Waals surface area contributed by atoms with Crippen LogP contribution >= 0.6 is 0 Å². The second-order valence-corrected chi connectivity index (χ2v) is 22.2. The fourth-order valence-electron chi connectivity index (χ4n) is 9.69. The van der Waals surface area contributed by atoms with Gasteiger partial charge in [0.15, 0.2) is 6.10 Å². The summed E-state index contributed by atoms with van der Waals surface area (Å²) < 4.78 is 10.7. The molecule has 0 heterocycles. The lowest BCUT2D eigenvalue weighted by atomic mass is 10.0. The molecule has 0 fully saturated rings. The van der Waals surface area contributed by atoms with E-state index < -0.39 is 6.10 Å². The Kier molecular flexibility index (Phi) is 64.3. The molecule has 0 amide bonds. The molecular formula is C72H126O5. The van der Waals surface area contributed by atoms with E-state index in [1.165, 1.54) is 212 Å². The average molecular weight is 1070 g/mol. The van der Waals surface area contributed by atoms with Gasteiger partial charge in [0.05, 0.1) is 6.61 Å². The number of carbonyl (C=O) groups excluding carboxylic acids is 2. The van der Waals surface area contributed by atoms with Crippen LogP contribution in [0.4, 0.5) is 0 Å². The molecule has 0 aromatic heterocycles. The first-order chi connectivity index (χ1) is 38.1. The quantitative estimate of drug-likeness (QED) is 0.0373. The van der Waals surface area contributed by atoms with Crippen LogP contribution in [0.2, 0.25) is 0 Å². The summed E-state index contributed by atoms with van der Waals surface area (Å²) in [6.07, 6.45) is 95.6. The van der Waals surface area contributed by atoms with Crippen molar-refractivity contribution in [2.45, 2.75) is 335 Å². The maximum absolute atomic E-state index is 12.4. The molecule has 0 aromatic rings. The highest BCUT2D eigenvalue weighted by molar-refractivity contribution is 5.70. The van der Waals surface area contributed by atoms with E-state index in [2.05, 4.69) is 111 Å². The molecule has 0 saturated carbocycles. The van der Waals surface area contributed by atoms with E-state index in [0.29, 0.717) is 12.8 Å². The summed E-state index contributed by atoms with van der Waals surface area (Å²) in [4.78, 5) is 24.6. The van der Waals surface area contributed by atoms with Gasteiger partial charge in [-0.05, 0) is 77.0 Å². The zero-order valence-electron chi connectivity index (χ0n) is 51.0. The molecule has 0 aliphatic rings. The van der Waals surface area contributed by atoms with Gasteiger partial charge in [0.25, 0.3) is 0 Å². The Morgan fingerprint density at radius 2 is 0.558 bits per heavy atom. The molecule has 0 spiro atoms. The summed E-state index contributed by atoms with van der Waals surface area (Å²) in [6.45, 7) is 4.06. The van der Waals surface area contributed by atoms with Gasteiger partial charge in [-0.1, -0.05) is 336 Å². The first-order valence-corrected chi connectivity index (χ1v) is 33.3. The van der Waals surface area contributed by atoms with Crippen molar-refractivity contribution < 1.29 is 24.2 Å². The summed E-state index contributed by atoms with van der Waals surface area (Å²) >= 11 is 0. The lowest BCUT2D eigenvalue weighted by Gasteiger charge is -2.15. The molecule has 0 saturated heterocycles. The van der Waals surface area contributed by atoms with Gasteiger partial charge >= 0.3 is 11.9 Å². The highest BCUT2D eigenvalue weighted by atomic mass is 16.6. The van der Waals surface area contributed by atoms with Gasteiger partial charge in [-0.3, -0.25) is 9.59 Å². The normalized spacial score (nSPS) is 12.8. The van der Waals surface area contributed by atoms with Gasteiger partial charge < -0.3 is 14.6 Å². The van der Waals surface area contributed by atoms with Crippen molar-refractivity contribution in [1.82, 2.24) is 0 Å². The second-order valence-electron chi connectivity index (χ2n) is 22.2. The lowest BCUT2D eigenvalue weighted by Crippen LogP contribution is -2.28. The number of ether oxygens (including phenoxy) is 2. The van der Waals surface area contributed by atoms with Crippen molar-refractivity contribution in [1.29, 1.82) is 0 Å². The van der Waals surface area contributed by atoms with Crippen LogP contribution in [0.3, 0.4) is 0 Å². The summed E-state index contributed by atoms with van der Waals surface area (Å²) in [6, 6.07) is 0. The van der Waals surface area contributed by atoms with Gasteiger partial charge in [0.1, 0.15) is 6.61 Å². The Morgan fingerprint density at radius 1 is 0.312 bits per heavy atom. The number of esters is 2. The fourth-order valence-corrected chi connectivity index (χ4v) is 9.69. The molecule has 0 rings (SSSR count). The number of aliphatic hydroxyl groups excluding tert-OH is 1. The van der Waals surface area contributed by atoms with Crippen LogP contribution in [0.1, 0.15) is 328 Å². The van der Waals surface area contributed by atoms with Crippen LogP contribution < -0.4 is 0 Å². The standard InChI is InChI=1S/C72H126O5/c1-3-5-7-9-11-13-15-17-19-21-23-25-27-29-31-33-34-35-36-37-38-39-41-43-45-47-49-51-53-55-57-59-61-63-65-67-72(75)77-70(68-73)69-76-71(74)66-64-62-60-58-56-54-52-50-48-46-44-42-40-32-30-28-26-24-22-20-18-16-14-12-10-8-6-4-2/h5,7,11,13,17,19,23,25,29,31,34-35,37-38,41,43,70,73H,3-4,6,8-10,12,14-16,18,20-22,24,26-28,30,32-33,36,39-40,42,44-69H2,1-2H3/b7-5-,13-11-,19-17-,25-23-,31-29-,35-34-,38-37-,43-41-. The number of unbranched alkanes of at least 4 members (excludes halogenated alkanes) is 37. The molecule has 444 valence electrons. The highest BCUT2D eigenvalue weighted by Gasteiger charge is 2.16. The predicted octanol–water partition coefficient (Wildman–Crippen LogP) is 23.0. The molecule has 0 aliphatic carbocycles. The second kappa shape index (κ2) is 67.1. The van der Waals surface area contributed by atoms with Crippen LogP contribution in [0.5, 0.6) is 0 Å². The highest BCUT2D eigenvalue weighted by Crippen LogP contribution is 2.18. The maximum Gasteiger partial charge on any atom is 0.306 e. The molecular weight excluding hydrogens is 945 g/mol. The largest absolute Gasteiger partial charge is 0.462 e. The lowest BCUT2D eigenvalue weighted by molar-refractivity contribution is -0.161. The van der Waals surface area contributed by atoms with E-state index in [1.54, 1.807) is 0 Å². The third kappa shape index (κ3) is 65.2. The summed E-state index contributed by atoms with van der Waals surface area (Å²) in [5.74, 6) is -0.585. The monoisotopic (exact) mass is 1070 g/mol. The molecule has 1 unspecified atom stereocenters. The Bertz CT molecular complexity index is 1450. The van der Waals surface area contributed by atoms with Crippen molar-refractivity contribution in [3.05, 3.63) is 97.2 Å². The van der Waals surface area contributed by atoms with E-state index >= 15 is 0 Å². The van der Waals surface area contributed by atoms with Crippen molar-refractivity contribution in [2.24, 2.45) is 0 Å².